The second kappa shape index (κ2) is 3.27. The molecule has 2 fully saturated rings. The van der Waals surface area contributed by atoms with Gasteiger partial charge in [0.1, 0.15) is 0 Å². The summed E-state index contributed by atoms with van der Waals surface area (Å²) in [5, 5.41) is 3.83. The number of carbonyl (C=O) groups excluding carboxylic acids is 3. The summed E-state index contributed by atoms with van der Waals surface area (Å²) in [4.78, 5) is 44.8. The summed E-state index contributed by atoms with van der Waals surface area (Å²) in [7, 11) is -3.38. The molecule has 3 atom stereocenters. The van der Waals surface area contributed by atoms with Gasteiger partial charge in [0.2, 0.25) is 0 Å². The number of fused-ring (bicyclic) bond motifs is 1. The van der Waals surface area contributed by atoms with Gasteiger partial charge in [-0.15, -0.1) is 0 Å². The normalized spacial score (nSPS) is 33.9. The predicted octanol–water partition coefficient (Wildman–Crippen LogP) is -1.87. The van der Waals surface area contributed by atoms with E-state index < -0.39 is 37.4 Å². The Morgan fingerprint density at radius 1 is 1.38 bits per heavy atom. The first-order valence-electron chi connectivity index (χ1n) is 3.93. The van der Waals surface area contributed by atoms with Gasteiger partial charge in [-0.1, -0.05) is 4.57 Å². The van der Waals surface area contributed by atoms with E-state index in [-0.39, 0.29) is 4.42 Å². The lowest BCUT2D eigenvalue weighted by Gasteiger charge is -2.32. The molecule has 5 amide bonds. The SMILES string of the molecule is O=C1NC2NC(=O)N(Cl)C(=O)C2([P+](=O)[O-])N1. The molecule has 3 N–H and O–H groups in total. The van der Waals surface area contributed by atoms with E-state index in [0.717, 1.165) is 0 Å². The molecular formula is C5H4ClN4O5P. The molecule has 0 bridgehead atoms. The maximum atomic E-state index is 11.6. The Morgan fingerprint density at radius 2 is 2.00 bits per heavy atom. The van der Waals surface area contributed by atoms with E-state index in [1.807, 2.05) is 5.32 Å². The van der Waals surface area contributed by atoms with Crippen LogP contribution < -0.4 is 20.8 Å². The first kappa shape index (κ1) is 11.1. The van der Waals surface area contributed by atoms with Gasteiger partial charge in [-0.05, 0) is 0 Å². The first-order valence-corrected chi connectivity index (χ1v) is 5.45. The Kier molecular flexibility index (Phi) is 2.26. The van der Waals surface area contributed by atoms with E-state index in [1.54, 1.807) is 0 Å². The number of rotatable bonds is 1. The molecule has 0 aliphatic carbocycles. The van der Waals surface area contributed by atoms with Gasteiger partial charge in [-0.3, -0.25) is 10.1 Å². The van der Waals surface area contributed by atoms with Crippen LogP contribution in [0.25, 0.3) is 0 Å². The number of nitrogens with zero attached hydrogens (tertiary/aromatic N) is 1. The number of nitrogens with one attached hydrogen (secondary N) is 3. The fourth-order valence-electron chi connectivity index (χ4n) is 1.49. The molecule has 2 rings (SSSR count). The standard InChI is InChI=1S/C5H4ClN4O5P/c6-10-2(11)5(16(14)15)1(8-4(10)13)7-3(12)9-5/h1H,(H,8,13)(H2,7,9,12). The maximum Gasteiger partial charge on any atom is 0.354 e. The topological polar surface area (TPSA) is 131 Å². The van der Waals surface area contributed by atoms with Crippen LogP contribution in [0.4, 0.5) is 9.59 Å². The third kappa shape index (κ3) is 1.19. The molecule has 0 spiro atoms. The fraction of sp³-hybridized carbons (Fsp3) is 0.400. The maximum absolute atomic E-state index is 11.6. The fourth-order valence-corrected chi connectivity index (χ4v) is 2.52. The average Bonchev–Trinajstić information content (AvgIpc) is 2.53. The van der Waals surface area contributed by atoms with Gasteiger partial charge in [0, 0.05) is 11.8 Å². The average molecular weight is 267 g/mol. The number of hydrogen-bond acceptors (Lipinski definition) is 5. The van der Waals surface area contributed by atoms with E-state index in [1.165, 1.54) is 0 Å². The molecule has 0 radical (unpaired) electrons. The van der Waals surface area contributed by atoms with E-state index in [4.69, 9.17) is 11.8 Å². The summed E-state index contributed by atoms with van der Waals surface area (Å²) in [5.41, 5.74) is 0. The van der Waals surface area contributed by atoms with Crippen LogP contribution in [0.1, 0.15) is 0 Å². The van der Waals surface area contributed by atoms with Crippen LogP contribution in [0.3, 0.4) is 0 Å². The molecule has 0 aromatic carbocycles. The van der Waals surface area contributed by atoms with Gasteiger partial charge < -0.3 is 15.5 Å². The van der Waals surface area contributed by atoms with Crippen LogP contribution in [0, 0.1) is 0 Å². The van der Waals surface area contributed by atoms with Gasteiger partial charge in [0.05, 0.1) is 0 Å². The molecule has 3 unspecified atom stereocenters. The Hall–Kier alpha value is -1.44. The third-order valence-corrected chi connectivity index (χ3v) is 3.68. The molecule has 2 aliphatic rings. The van der Waals surface area contributed by atoms with Crippen LogP contribution in [-0.2, 0) is 9.36 Å². The van der Waals surface area contributed by atoms with Crippen LogP contribution in [0.15, 0.2) is 0 Å². The van der Waals surface area contributed by atoms with Crippen molar-refractivity contribution >= 4 is 37.8 Å². The Labute approximate surface area is 94.1 Å². The highest BCUT2D eigenvalue weighted by Crippen LogP contribution is 2.38. The number of urea groups is 2. The molecule has 2 saturated heterocycles. The van der Waals surface area contributed by atoms with Crippen molar-refractivity contribution in [1.82, 2.24) is 20.4 Å². The smallest absolute Gasteiger partial charge is 0.354 e. The third-order valence-electron chi connectivity index (χ3n) is 2.24. The second-order valence-corrected chi connectivity index (χ2v) is 4.65. The molecule has 0 saturated carbocycles. The minimum absolute atomic E-state index is 0.0783. The van der Waals surface area contributed by atoms with Gasteiger partial charge in [0.25, 0.3) is 0 Å². The highest BCUT2D eigenvalue weighted by atomic mass is 35.5. The number of imide groups is 1. The van der Waals surface area contributed by atoms with Crippen molar-refractivity contribution in [2.75, 3.05) is 0 Å². The van der Waals surface area contributed by atoms with Crippen molar-refractivity contribution in [3.63, 3.8) is 0 Å². The summed E-state index contributed by atoms with van der Waals surface area (Å²) >= 11 is 5.29. The van der Waals surface area contributed by atoms with Gasteiger partial charge in [0.15, 0.2) is 6.17 Å². The zero-order chi connectivity index (χ0) is 12.1. The summed E-state index contributed by atoms with van der Waals surface area (Å²) in [6.45, 7) is 0. The lowest BCUT2D eigenvalue weighted by atomic mass is 10.2. The molecule has 11 heteroatoms. The van der Waals surface area contributed by atoms with E-state index in [2.05, 4.69) is 10.6 Å². The van der Waals surface area contributed by atoms with Gasteiger partial charge in [-0.2, -0.15) is 4.42 Å². The van der Waals surface area contributed by atoms with Crippen LogP contribution in [0.5, 0.6) is 0 Å². The lowest BCUT2D eigenvalue weighted by Crippen LogP contribution is -2.70. The zero-order valence-corrected chi connectivity index (χ0v) is 9.04. The minimum atomic E-state index is -3.38. The van der Waals surface area contributed by atoms with Crippen molar-refractivity contribution in [2.24, 2.45) is 0 Å². The lowest BCUT2D eigenvalue weighted by molar-refractivity contribution is -0.173. The first-order chi connectivity index (χ1) is 7.39. The van der Waals surface area contributed by atoms with Gasteiger partial charge >= 0.3 is 31.3 Å². The molecule has 9 nitrogen and oxygen atoms in total. The Balaban J connectivity index is 2.50. The summed E-state index contributed by atoms with van der Waals surface area (Å²) in [5.74, 6) is -1.22. The molecule has 0 aromatic heterocycles. The van der Waals surface area contributed by atoms with Gasteiger partial charge in [-0.25, -0.2) is 9.59 Å². The predicted molar refractivity (Wildman–Crippen MR) is 47.0 cm³/mol. The number of carbonyl (C=O) groups is 3. The second-order valence-electron chi connectivity index (χ2n) is 3.09. The number of amides is 5. The van der Waals surface area contributed by atoms with E-state index in [9.17, 15) is 23.8 Å². The molecule has 2 heterocycles. The van der Waals surface area contributed by atoms with Crippen LogP contribution in [0.2, 0.25) is 0 Å². The van der Waals surface area contributed by atoms with Crippen molar-refractivity contribution in [3.8, 4) is 0 Å². The number of hydrogen-bond donors (Lipinski definition) is 3. The molecular weight excluding hydrogens is 263 g/mol. The molecule has 0 aromatic rings. The van der Waals surface area contributed by atoms with Crippen LogP contribution >= 0.6 is 19.8 Å². The number of halogens is 1. The van der Waals surface area contributed by atoms with E-state index in [0.29, 0.717) is 0 Å². The summed E-state index contributed by atoms with van der Waals surface area (Å²) < 4.78 is 11.2. The van der Waals surface area contributed by atoms with E-state index >= 15 is 0 Å². The largest absolute Gasteiger partial charge is 0.593 e. The van der Waals surface area contributed by atoms with Crippen molar-refractivity contribution in [1.29, 1.82) is 0 Å². The molecule has 16 heavy (non-hydrogen) atoms. The van der Waals surface area contributed by atoms with Crippen LogP contribution in [-0.4, -0.2) is 33.8 Å². The van der Waals surface area contributed by atoms with Crippen molar-refractivity contribution in [3.05, 3.63) is 0 Å². The monoisotopic (exact) mass is 266 g/mol. The summed E-state index contributed by atoms with van der Waals surface area (Å²) in [6, 6.07) is -1.89. The Bertz CT molecular complexity index is 429. The zero-order valence-electron chi connectivity index (χ0n) is 7.39. The van der Waals surface area contributed by atoms with Crippen molar-refractivity contribution < 1.29 is 23.8 Å². The molecule has 2 aliphatic heterocycles. The quantitative estimate of drug-likeness (QED) is 0.378. The minimum Gasteiger partial charge on any atom is -0.593 e. The summed E-state index contributed by atoms with van der Waals surface area (Å²) in [6.07, 6.45) is -1.36. The highest BCUT2D eigenvalue weighted by molar-refractivity contribution is 7.40. The van der Waals surface area contributed by atoms with Crippen molar-refractivity contribution in [2.45, 2.75) is 11.4 Å². The highest BCUT2D eigenvalue weighted by Gasteiger charge is 2.69. The molecule has 86 valence electrons. The Morgan fingerprint density at radius 3 is 2.56 bits per heavy atom.